The molecule has 1 aromatic carbocycles. The van der Waals surface area contributed by atoms with Gasteiger partial charge in [-0.05, 0) is 40.5 Å². The number of halogens is 2. The minimum atomic E-state index is 0.270. The van der Waals surface area contributed by atoms with Crippen molar-refractivity contribution in [1.29, 1.82) is 0 Å². The summed E-state index contributed by atoms with van der Waals surface area (Å²) in [4.78, 5) is 0. The standard InChI is InChI=1S/C7H6Br2O/c1-4-2-5(8)3-6(10)7(4)9/h2-3,10H,1H3. The van der Waals surface area contributed by atoms with Crippen molar-refractivity contribution in [2.24, 2.45) is 0 Å². The van der Waals surface area contributed by atoms with E-state index in [1.807, 2.05) is 13.0 Å². The Balaban J connectivity index is 3.31. The first-order valence-electron chi connectivity index (χ1n) is 2.76. The second kappa shape index (κ2) is 2.93. The van der Waals surface area contributed by atoms with E-state index in [9.17, 15) is 5.11 Å². The van der Waals surface area contributed by atoms with Crippen molar-refractivity contribution in [3.05, 3.63) is 26.6 Å². The Morgan fingerprint density at radius 1 is 1.30 bits per heavy atom. The predicted octanol–water partition coefficient (Wildman–Crippen LogP) is 3.23. The molecule has 10 heavy (non-hydrogen) atoms. The smallest absolute Gasteiger partial charge is 0.131 e. The van der Waals surface area contributed by atoms with Crippen LogP contribution in [0.3, 0.4) is 0 Å². The first-order chi connectivity index (χ1) is 4.61. The summed E-state index contributed by atoms with van der Waals surface area (Å²) in [5.41, 5.74) is 1.02. The molecule has 0 atom stereocenters. The van der Waals surface area contributed by atoms with Gasteiger partial charge in [-0.15, -0.1) is 0 Å². The van der Waals surface area contributed by atoms with Crippen LogP contribution in [0.15, 0.2) is 21.1 Å². The van der Waals surface area contributed by atoms with E-state index in [1.54, 1.807) is 6.07 Å². The van der Waals surface area contributed by atoms with E-state index in [1.165, 1.54) is 0 Å². The molecule has 0 saturated carbocycles. The molecular weight excluding hydrogens is 260 g/mol. The Morgan fingerprint density at radius 3 is 2.40 bits per heavy atom. The highest BCUT2D eigenvalue weighted by atomic mass is 79.9. The van der Waals surface area contributed by atoms with Crippen LogP contribution < -0.4 is 0 Å². The fourth-order valence-electron chi connectivity index (χ4n) is 0.708. The molecule has 0 bridgehead atoms. The predicted molar refractivity (Wildman–Crippen MR) is 48.2 cm³/mol. The van der Waals surface area contributed by atoms with Crippen LogP contribution in [-0.2, 0) is 0 Å². The number of rotatable bonds is 0. The fraction of sp³-hybridized carbons (Fsp3) is 0.143. The van der Waals surface area contributed by atoms with Crippen LogP contribution in [0.25, 0.3) is 0 Å². The van der Waals surface area contributed by atoms with Gasteiger partial charge in [0.2, 0.25) is 0 Å². The third kappa shape index (κ3) is 1.52. The maximum absolute atomic E-state index is 9.20. The van der Waals surface area contributed by atoms with Crippen molar-refractivity contribution in [1.82, 2.24) is 0 Å². The van der Waals surface area contributed by atoms with Crippen molar-refractivity contribution < 1.29 is 5.11 Å². The van der Waals surface area contributed by atoms with Crippen LogP contribution in [0.2, 0.25) is 0 Å². The Bertz CT molecular complexity index is 235. The van der Waals surface area contributed by atoms with Crippen molar-refractivity contribution >= 4 is 31.9 Å². The van der Waals surface area contributed by atoms with E-state index in [4.69, 9.17) is 0 Å². The second-order valence-electron chi connectivity index (χ2n) is 2.06. The summed E-state index contributed by atoms with van der Waals surface area (Å²) in [5.74, 6) is 0.270. The lowest BCUT2D eigenvalue weighted by Crippen LogP contribution is -1.76. The molecule has 0 fully saturated rings. The highest BCUT2D eigenvalue weighted by molar-refractivity contribution is 9.11. The molecule has 0 unspecified atom stereocenters. The SMILES string of the molecule is Cc1cc(Br)cc(O)c1Br. The molecule has 1 aromatic rings. The Morgan fingerprint density at radius 2 is 1.90 bits per heavy atom. The molecule has 0 heterocycles. The van der Waals surface area contributed by atoms with Gasteiger partial charge in [0, 0.05) is 4.47 Å². The van der Waals surface area contributed by atoms with Gasteiger partial charge in [-0.2, -0.15) is 0 Å². The van der Waals surface area contributed by atoms with Gasteiger partial charge in [-0.1, -0.05) is 15.9 Å². The molecule has 0 spiro atoms. The van der Waals surface area contributed by atoms with Crippen LogP contribution >= 0.6 is 31.9 Å². The number of aromatic hydroxyl groups is 1. The minimum Gasteiger partial charge on any atom is -0.507 e. The van der Waals surface area contributed by atoms with Crippen LogP contribution in [0.5, 0.6) is 5.75 Å². The highest BCUT2D eigenvalue weighted by Gasteiger charge is 2.01. The molecule has 0 radical (unpaired) electrons. The van der Waals surface area contributed by atoms with E-state index in [2.05, 4.69) is 31.9 Å². The third-order valence-corrected chi connectivity index (χ3v) is 2.69. The average molecular weight is 266 g/mol. The molecule has 0 aliphatic heterocycles. The molecule has 0 saturated heterocycles. The van der Waals surface area contributed by atoms with E-state index >= 15 is 0 Å². The summed E-state index contributed by atoms with van der Waals surface area (Å²) in [6.45, 7) is 1.93. The molecule has 0 aliphatic rings. The zero-order valence-electron chi connectivity index (χ0n) is 5.36. The summed E-state index contributed by atoms with van der Waals surface area (Å²) in [6, 6.07) is 3.58. The quantitative estimate of drug-likeness (QED) is 0.764. The fourth-order valence-corrected chi connectivity index (χ4v) is 1.50. The number of phenols is 1. The molecule has 3 heteroatoms. The molecule has 0 aliphatic carbocycles. The number of phenolic OH excluding ortho intramolecular Hbond substituents is 1. The summed E-state index contributed by atoms with van der Waals surface area (Å²) >= 11 is 6.51. The van der Waals surface area contributed by atoms with Crippen molar-refractivity contribution in [3.63, 3.8) is 0 Å². The molecule has 1 N–H and O–H groups in total. The average Bonchev–Trinajstić information content (AvgIpc) is 1.82. The largest absolute Gasteiger partial charge is 0.507 e. The maximum Gasteiger partial charge on any atom is 0.131 e. The van der Waals surface area contributed by atoms with Crippen LogP contribution in [0, 0.1) is 6.92 Å². The molecule has 1 rings (SSSR count). The van der Waals surface area contributed by atoms with Crippen molar-refractivity contribution in [3.8, 4) is 5.75 Å². The first kappa shape index (κ1) is 8.08. The summed E-state index contributed by atoms with van der Waals surface area (Å²) in [5, 5.41) is 9.20. The van der Waals surface area contributed by atoms with Gasteiger partial charge in [-0.25, -0.2) is 0 Å². The minimum absolute atomic E-state index is 0.270. The highest BCUT2D eigenvalue weighted by Crippen LogP contribution is 2.30. The van der Waals surface area contributed by atoms with Gasteiger partial charge >= 0.3 is 0 Å². The molecular formula is C7H6Br2O. The van der Waals surface area contributed by atoms with Crippen LogP contribution in [0.4, 0.5) is 0 Å². The lowest BCUT2D eigenvalue weighted by atomic mass is 10.2. The number of hydrogen-bond donors (Lipinski definition) is 1. The second-order valence-corrected chi connectivity index (χ2v) is 3.76. The Kier molecular flexibility index (Phi) is 2.36. The van der Waals surface area contributed by atoms with Crippen molar-refractivity contribution in [2.75, 3.05) is 0 Å². The zero-order chi connectivity index (χ0) is 7.72. The monoisotopic (exact) mass is 264 g/mol. The normalized spacial score (nSPS) is 9.90. The summed E-state index contributed by atoms with van der Waals surface area (Å²) < 4.78 is 1.65. The van der Waals surface area contributed by atoms with Gasteiger partial charge in [-0.3, -0.25) is 0 Å². The van der Waals surface area contributed by atoms with Crippen LogP contribution in [0.1, 0.15) is 5.56 Å². The number of hydrogen-bond acceptors (Lipinski definition) is 1. The molecule has 1 nitrogen and oxygen atoms in total. The van der Waals surface area contributed by atoms with Gasteiger partial charge in [0.15, 0.2) is 0 Å². The third-order valence-electron chi connectivity index (χ3n) is 1.20. The first-order valence-corrected chi connectivity index (χ1v) is 4.34. The topological polar surface area (TPSA) is 20.2 Å². The summed E-state index contributed by atoms with van der Waals surface area (Å²) in [6.07, 6.45) is 0. The van der Waals surface area contributed by atoms with E-state index < -0.39 is 0 Å². The maximum atomic E-state index is 9.20. The molecule has 54 valence electrons. The van der Waals surface area contributed by atoms with E-state index in [0.717, 1.165) is 14.5 Å². The summed E-state index contributed by atoms with van der Waals surface area (Å²) in [7, 11) is 0. The van der Waals surface area contributed by atoms with Crippen molar-refractivity contribution in [2.45, 2.75) is 6.92 Å². The van der Waals surface area contributed by atoms with E-state index in [0.29, 0.717) is 0 Å². The molecule has 0 amide bonds. The Labute approximate surface area is 76.3 Å². The number of aryl methyl sites for hydroxylation is 1. The lowest BCUT2D eigenvalue weighted by molar-refractivity contribution is 0.471. The number of benzene rings is 1. The lowest BCUT2D eigenvalue weighted by Gasteiger charge is -2.00. The van der Waals surface area contributed by atoms with Crippen LogP contribution in [-0.4, -0.2) is 5.11 Å². The van der Waals surface area contributed by atoms with E-state index in [-0.39, 0.29) is 5.75 Å². The van der Waals surface area contributed by atoms with Gasteiger partial charge < -0.3 is 5.11 Å². The molecule has 0 aromatic heterocycles. The van der Waals surface area contributed by atoms with Gasteiger partial charge in [0.25, 0.3) is 0 Å². The van der Waals surface area contributed by atoms with Gasteiger partial charge in [0.1, 0.15) is 5.75 Å². The van der Waals surface area contributed by atoms with Gasteiger partial charge in [0.05, 0.1) is 4.47 Å². The zero-order valence-corrected chi connectivity index (χ0v) is 8.53. The Hall–Kier alpha value is -0.0200.